The van der Waals surface area contributed by atoms with Crippen molar-refractivity contribution in [2.24, 2.45) is 5.90 Å². The molecule has 0 saturated carbocycles. The standard InChI is InChI=1S/C7H14N2O.C6H10N2.ClH.H3NO/c8-7(6-10)9-4-2-1-3-5-9;7-6-8-4-2-1-3-5-8;;1-2/h8,10H,1-6H2;1-5H2;1H;2H,1H2. The molecule has 0 aromatic carbocycles. The first-order valence-corrected chi connectivity index (χ1v) is 7.11. The number of aliphatic hydroxyl groups is 1. The summed E-state index contributed by atoms with van der Waals surface area (Å²) in [5, 5.41) is 30.8. The van der Waals surface area contributed by atoms with Crippen molar-refractivity contribution in [3.8, 4) is 6.19 Å². The zero-order valence-corrected chi connectivity index (χ0v) is 13.3. The highest BCUT2D eigenvalue weighted by Crippen LogP contribution is 2.08. The fourth-order valence-corrected chi connectivity index (χ4v) is 2.26. The van der Waals surface area contributed by atoms with Gasteiger partial charge in [0.2, 0.25) is 0 Å². The number of nitrogens with one attached hydrogen (secondary N) is 1. The van der Waals surface area contributed by atoms with E-state index in [4.69, 9.17) is 21.0 Å². The first kappa shape index (κ1) is 22.2. The highest BCUT2D eigenvalue weighted by atomic mass is 35.5. The normalized spacial score (nSPS) is 17.0. The van der Waals surface area contributed by atoms with Gasteiger partial charge in [0.25, 0.3) is 0 Å². The van der Waals surface area contributed by atoms with Crippen LogP contribution in [0.5, 0.6) is 0 Å². The predicted molar refractivity (Wildman–Crippen MR) is 84.5 cm³/mol. The number of piperidine rings is 2. The van der Waals surface area contributed by atoms with Crippen LogP contribution in [-0.2, 0) is 0 Å². The van der Waals surface area contributed by atoms with Crippen LogP contribution in [0.1, 0.15) is 38.5 Å². The Labute approximate surface area is 133 Å². The summed E-state index contributed by atoms with van der Waals surface area (Å²) in [6.45, 7) is 3.77. The molecule has 21 heavy (non-hydrogen) atoms. The number of aliphatic hydroxyl groups excluding tert-OH is 1. The predicted octanol–water partition coefficient (Wildman–Crippen LogP) is 1.15. The third-order valence-electron chi connectivity index (χ3n) is 3.39. The maximum Gasteiger partial charge on any atom is 0.179 e. The SMILES string of the molecule is Cl.N#CN1CCCCC1.N=C(CO)N1CCCCC1.NO. The Kier molecular flexibility index (Phi) is 16.2. The third kappa shape index (κ3) is 10.3. The van der Waals surface area contributed by atoms with Crippen molar-refractivity contribution >= 4 is 18.2 Å². The lowest BCUT2D eigenvalue weighted by Crippen LogP contribution is -2.36. The molecule has 0 unspecified atom stereocenters. The van der Waals surface area contributed by atoms with Crippen LogP contribution in [0.3, 0.4) is 0 Å². The molecule has 0 radical (unpaired) electrons. The Morgan fingerprint density at radius 1 is 1.00 bits per heavy atom. The number of rotatable bonds is 1. The van der Waals surface area contributed by atoms with Gasteiger partial charge in [-0.3, -0.25) is 5.41 Å². The van der Waals surface area contributed by atoms with E-state index in [1.807, 2.05) is 9.80 Å². The first-order valence-electron chi connectivity index (χ1n) is 7.11. The number of nitrogens with zero attached hydrogens (tertiary/aromatic N) is 3. The van der Waals surface area contributed by atoms with Crippen LogP contribution in [0.25, 0.3) is 0 Å². The quantitative estimate of drug-likeness (QED) is 0.249. The van der Waals surface area contributed by atoms with Gasteiger partial charge in [0, 0.05) is 26.2 Å². The van der Waals surface area contributed by atoms with E-state index in [2.05, 4.69) is 12.1 Å². The van der Waals surface area contributed by atoms with Crippen molar-refractivity contribution in [2.45, 2.75) is 38.5 Å². The van der Waals surface area contributed by atoms with Crippen molar-refractivity contribution in [1.29, 1.82) is 10.7 Å². The second kappa shape index (κ2) is 15.3. The third-order valence-corrected chi connectivity index (χ3v) is 3.39. The molecule has 0 aromatic rings. The van der Waals surface area contributed by atoms with Crippen LogP contribution in [0.4, 0.5) is 0 Å². The van der Waals surface area contributed by atoms with Gasteiger partial charge in [-0.1, -0.05) is 0 Å². The molecule has 0 atom stereocenters. The smallest absolute Gasteiger partial charge is 0.179 e. The molecule has 124 valence electrons. The summed E-state index contributed by atoms with van der Waals surface area (Å²) in [4.78, 5) is 3.77. The van der Waals surface area contributed by atoms with E-state index < -0.39 is 0 Å². The van der Waals surface area contributed by atoms with Crippen LogP contribution in [0.2, 0.25) is 0 Å². The minimum Gasteiger partial charge on any atom is -0.388 e. The summed E-state index contributed by atoms with van der Waals surface area (Å²) in [7, 11) is 0. The zero-order valence-electron chi connectivity index (χ0n) is 12.5. The van der Waals surface area contributed by atoms with E-state index in [0.717, 1.165) is 26.2 Å². The maximum atomic E-state index is 8.62. The second-order valence-electron chi connectivity index (χ2n) is 4.80. The van der Waals surface area contributed by atoms with E-state index >= 15 is 0 Å². The zero-order chi connectivity index (χ0) is 15.2. The van der Waals surface area contributed by atoms with E-state index in [0.29, 0.717) is 5.84 Å². The number of hydrogen-bond donors (Lipinski definition) is 4. The Morgan fingerprint density at radius 3 is 1.76 bits per heavy atom. The summed E-state index contributed by atoms with van der Waals surface area (Å²) in [5.41, 5.74) is 0. The molecule has 2 aliphatic rings. The monoisotopic (exact) mass is 321 g/mol. The Bertz CT molecular complexity index is 287. The van der Waals surface area contributed by atoms with Gasteiger partial charge in [-0.15, -0.1) is 12.4 Å². The van der Waals surface area contributed by atoms with Crippen LogP contribution in [0, 0.1) is 16.9 Å². The molecule has 2 fully saturated rings. The van der Waals surface area contributed by atoms with Crippen molar-refractivity contribution < 1.29 is 10.3 Å². The Hall–Kier alpha value is -1.07. The first-order chi connectivity index (χ1) is 9.77. The minimum absolute atomic E-state index is 0. The summed E-state index contributed by atoms with van der Waals surface area (Å²) < 4.78 is 0. The lowest BCUT2D eigenvalue weighted by molar-refractivity contribution is 0.290. The molecule has 0 bridgehead atoms. The number of hydrogen-bond acceptors (Lipinski definition) is 6. The molecule has 5 N–H and O–H groups in total. The summed E-state index contributed by atoms with van der Waals surface area (Å²) in [5.74, 6) is 3.87. The van der Waals surface area contributed by atoms with Gasteiger partial charge in [-0.05, 0) is 38.5 Å². The molecule has 7 nitrogen and oxygen atoms in total. The van der Waals surface area contributed by atoms with Crippen molar-refractivity contribution in [1.82, 2.24) is 9.80 Å². The van der Waals surface area contributed by atoms with Crippen molar-refractivity contribution in [3.63, 3.8) is 0 Å². The molecule has 0 amide bonds. The van der Waals surface area contributed by atoms with Gasteiger partial charge >= 0.3 is 0 Å². The van der Waals surface area contributed by atoms with Gasteiger partial charge in [0.15, 0.2) is 6.19 Å². The van der Waals surface area contributed by atoms with Crippen molar-refractivity contribution in [2.75, 3.05) is 32.8 Å². The van der Waals surface area contributed by atoms with Gasteiger partial charge in [-0.2, -0.15) is 5.26 Å². The largest absolute Gasteiger partial charge is 0.388 e. The Balaban J connectivity index is 0. The molecular formula is C13H28ClN5O2. The van der Waals surface area contributed by atoms with E-state index in [1.54, 1.807) is 0 Å². The number of amidine groups is 1. The fourth-order valence-electron chi connectivity index (χ4n) is 2.26. The topological polar surface area (TPSA) is 121 Å². The van der Waals surface area contributed by atoms with Gasteiger partial charge in [-0.25, -0.2) is 5.90 Å². The van der Waals surface area contributed by atoms with Crippen LogP contribution in [0.15, 0.2) is 0 Å². The highest BCUT2D eigenvalue weighted by Gasteiger charge is 2.11. The van der Waals surface area contributed by atoms with Crippen LogP contribution in [-0.4, -0.2) is 58.7 Å². The van der Waals surface area contributed by atoms with E-state index in [-0.39, 0.29) is 19.0 Å². The summed E-state index contributed by atoms with van der Waals surface area (Å²) >= 11 is 0. The number of halogens is 1. The van der Waals surface area contributed by atoms with Gasteiger partial charge in [0.05, 0.1) is 0 Å². The molecule has 2 aliphatic heterocycles. The minimum atomic E-state index is -0.111. The molecule has 2 heterocycles. The van der Waals surface area contributed by atoms with Gasteiger partial charge in [0.1, 0.15) is 12.4 Å². The number of nitriles is 1. The lowest BCUT2D eigenvalue weighted by Gasteiger charge is -2.27. The molecular weight excluding hydrogens is 294 g/mol. The van der Waals surface area contributed by atoms with E-state index in [9.17, 15) is 0 Å². The fraction of sp³-hybridized carbons (Fsp3) is 0.846. The van der Waals surface area contributed by atoms with Crippen LogP contribution >= 0.6 is 12.4 Å². The van der Waals surface area contributed by atoms with Gasteiger partial charge < -0.3 is 20.1 Å². The van der Waals surface area contributed by atoms with Crippen LogP contribution < -0.4 is 5.90 Å². The number of nitrogens with two attached hydrogens (primary N) is 1. The molecule has 0 aromatic heterocycles. The highest BCUT2D eigenvalue weighted by molar-refractivity contribution is 5.85. The molecule has 0 spiro atoms. The van der Waals surface area contributed by atoms with E-state index in [1.165, 1.54) is 38.5 Å². The molecule has 2 rings (SSSR count). The second-order valence-corrected chi connectivity index (χ2v) is 4.80. The average Bonchev–Trinajstić information content (AvgIpc) is 2.58. The average molecular weight is 322 g/mol. The number of likely N-dealkylation sites (tertiary alicyclic amines) is 2. The molecule has 2 saturated heterocycles. The van der Waals surface area contributed by atoms with Crippen molar-refractivity contribution in [3.05, 3.63) is 0 Å². The maximum absolute atomic E-state index is 8.62. The molecule has 8 heteroatoms. The lowest BCUT2D eigenvalue weighted by atomic mass is 10.1. The summed E-state index contributed by atoms with van der Waals surface area (Å²) in [6, 6.07) is 0. The Morgan fingerprint density at radius 2 is 1.43 bits per heavy atom. The summed E-state index contributed by atoms with van der Waals surface area (Å²) in [6.07, 6.45) is 9.46. The molecule has 0 aliphatic carbocycles.